The van der Waals surface area contributed by atoms with Crippen LogP contribution in [-0.2, 0) is 14.3 Å². The Balaban J connectivity index is 2.56. The molecule has 5 heteroatoms. The van der Waals surface area contributed by atoms with Crippen LogP contribution in [0.25, 0.3) is 0 Å². The maximum Gasteiger partial charge on any atom is 0.313 e. The SMILES string of the molecule is COC(=O)CC(=O)CC(O)c1ccc(OC)cc1. The molecule has 0 saturated carbocycles. The molecule has 0 saturated heterocycles. The van der Waals surface area contributed by atoms with Gasteiger partial charge >= 0.3 is 5.97 Å². The third-order valence-electron chi connectivity index (χ3n) is 2.49. The number of benzene rings is 1. The summed E-state index contributed by atoms with van der Waals surface area (Å²) < 4.78 is 9.37. The molecule has 0 aliphatic carbocycles. The van der Waals surface area contributed by atoms with Gasteiger partial charge in [0, 0.05) is 6.42 Å². The van der Waals surface area contributed by atoms with Gasteiger partial charge in [-0.2, -0.15) is 0 Å². The molecule has 1 aromatic carbocycles. The van der Waals surface area contributed by atoms with Crippen molar-refractivity contribution in [2.24, 2.45) is 0 Å². The summed E-state index contributed by atoms with van der Waals surface area (Å²) in [4.78, 5) is 22.3. The molecule has 0 aliphatic rings. The lowest BCUT2D eigenvalue weighted by Gasteiger charge is -2.10. The number of methoxy groups -OCH3 is 2. The smallest absolute Gasteiger partial charge is 0.313 e. The molecule has 0 aromatic heterocycles. The molecule has 0 spiro atoms. The van der Waals surface area contributed by atoms with Crippen molar-refractivity contribution in [3.8, 4) is 5.75 Å². The number of carbonyl (C=O) groups is 2. The molecule has 1 N–H and O–H groups in total. The fourth-order valence-electron chi connectivity index (χ4n) is 1.46. The van der Waals surface area contributed by atoms with Gasteiger partial charge in [0.25, 0.3) is 0 Å². The molecule has 0 aliphatic heterocycles. The molecule has 0 heterocycles. The van der Waals surface area contributed by atoms with Crippen LogP contribution in [0.5, 0.6) is 5.75 Å². The van der Waals surface area contributed by atoms with Gasteiger partial charge in [-0.25, -0.2) is 0 Å². The third kappa shape index (κ3) is 4.18. The Morgan fingerprint density at radius 3 is 2.33 bits per heavy atom. The lowest BCUT2D eigenvalue weighted by atomic mass is 10.0. The summed E-state index contributed by atoms with van der Waals surface area (Å²) in [5.41, 5.74) is 0.606. The number of carbonyl (C=O) groups excluding carboxylic acids is 2. The molecular weight excluding hydrogens is 236 g/mol. The van der Waals surface area contributed by atoms with Gasteiger partial charge in [-0.05, 0) is 17.7 Å². The van der Waals surface area contributed by atoms with Crippen LogP contribution in [0.3, 0.4) is 0 Å². The molecule has 0 bridgehead atoms. The average molecular weight is 252 g/mol. The van der Waals surface area contributed by atoms with E-state index in [-0.39, 0.29) is 18.6 Å². The molecular formula is C13H16O5. The van der Waals surface area contributed by atoms with Gasteiger partial charge in [-0.1, -0.05) is 12.1 Å². The molecule has 18 heavy (non-hydrogen) atoms. The van der Waals surface area contributed by atoms with Gasteiger partial charge in [-0.3, -0.25) is 9.59 Å². The van der Waals surface area contributed by atoms with E-state index in [9.17, 15) is 14.7 Å². The maximum absolute atomic E-state index is 11.4. The van der Waals surface area contributed by atoms with E-state index in [1.54, 1.807) is 31.4 Å². The molecule has 5 nitrogen and oxygen atoms in total. The minimum absolute atomic E-state index is 0.110. The first kappa shape index (κ1) is 14.2. The number of rotatable bonds is 6. The summed E-state index contributed by atoms with van der Waals surface area (Å²) in [6.45, 7) is 0. The molecule has 1 aromatic rings. The summed E-state index contributed by atoms with van der Waals surface area (Å²) in [6.07, 6.45) is -1.35. The van der Waals surface area contributed by atoms with Gasteiger partial charge in [0.05, 0.1) is 20.3 Å². The number of aliphatic hydroxyl groups excluding tert-OH is 1. The molecule has 98 valence electrons. The van der Waals surface area contributed by atoms with Gasteiger partial charge < -0.3 is 14.6 Å². The Bertz CT molecular complexity index is 410. The van der Waals surface area contributed by atoms with E-state index >= 15 is 0 Å². The first-order valence-corrected chi connectivity index (χ1v) is 5.47. The van der Waals surface area contributed by atoms with Gasteiger partial charge in [0.1, 0.15) is 18.0 Å². The Morgan fingerprint density at radius 1 is 1.22 bits per heavy atom. The van der Waals surface area contributed by atoms with E-state index < -0.39 is 12.1 Å². The average Bonchev–Trinajstić information content (AvgIpc) is 2.38. The van der Waals surface area contributed by atoms with Crippen LogP contribution in [-0.4, -0.2) is 31.1 Å². The third-order valence-corrected chi connectivity index (χ3v) is 2.49. The first-order chi connectivity index (χ1) is 8.56. The van der Waals surface area contributed by atoms with Gasteiger partial charge in [0.15, 0.2) is 0 Å². The first-order valence-electron chi connectivity index (χ1n) is 5.47. The van der Waals surface area contributed by atoms with Crippen molar-refractivity contribution >= 4 is 11.8 Å². The van der Waals surface area contributed by atoms with Crippen molar-refractivity contribution in [1.82, 2.24) is 0 Å². The minimum atomic E-state index is -0.923. The van der Waals surface area contributed by atoms with Crippen LogP contribution in [0.1, 0.15) is 24.5 Å². The second kappa shape index (κ2) is 6.76. The van der Waals surface area contributed by atoms with Crippen LogP contribution >= 0.6 is 0 Å². The number of hydrogen-bond acceptors (Lipinski definition) is 5. The summed E-state index contributed by atoms with van der Waals surface area (Å²) in [5, 5.41) is 9.83. The molecule has 0 radical (unpaired) electrons. The molecule has 0 fully saturated rings. The zero-order valence-electron chi connectivity index (χ0n) is 10.4. The number of ketones is 1. The summed E-state index contributed by atoms with van der Waals surface area (Å²) in [6, 6.07) is 6.75. The van der Waals surface area contributed by atoms with Gasteiger partial charge in [-0.15, -0.1) is 0 Å². The van der Waals surface area contributed by atoms with Crippen molar-refractivity contribution in [1.29, 1.82) is 0 Å². The second-order valence-electron chi connectivity index (χ2n) is 3.78. The lowest BCUT2D eigenvalue weighted by molar-refractivity contribution is -0.143. The maximum atomic E-state index is 11.4. The normalized spacial score (nSPS) is 11.7. The summed E-state index contributed by atoms with van der Waals surface area (Å²) in [7, 11) is 2.76. The fraction of sp³-hybridized carbons (Fsp3) is 0.385. The Labute approximate surface area is 105 Å². The molecule has 0 amide bonds. The van der Waals surface area contributed by atoms with Crippen molar-refractivity contribution in [3.05, 3.63) is 29.8 Å². The quantitative estimate of drug-likeness (QED) is 0.609. The van der Waals surface area contributed by atoms with Crippen molar-refractivity contribution in [2.75, 3.05) is 14.2 Å². The number of esters is 1. The van der Waals surface area contributed by atoms with Crippen molar-refractivity contribution < 1.29 is 24.2 Å². The molecule has 1 atom stereocenters. The summed E-state index contributed by atoms with van der Waals surface area (Å²) in [5.74, 6) is -0.279. The Kier molecular flexibility index (Phi) is 5.32. The zero-order chi connectivity index (χ0) is 13.5. The van der Waals surface area contributed by atoms with E-state index in [1.165, 1.54) is 7.11 Å². The Hall–Kier alpha value is -1.88. The molecule has 1 rings (SSSR count). The molecule has 1 unspecified atom stereocenters. The largest absolute Gasteiger partial charge is 0.497 e. The topological polar surface area (TPSA) is 72.8 Å². The van der Waals surface area contributed by atoms with Gasteiger partial charge in [0.2, 0.25) is 0 Å². The van der Waals surface area contributed by atoms with Crippen molar-refractivity contribution in [3.63, 3.8) is 0 Å². The van der Waals surface area contributed by atoms with E-state index in [0.29, 0.717) is 11.3 Å². The van der Waals surface area contributed by atoms with E-state index in [2.05, 4.69) is 4.74 Å². The van der Waals surface area contributed by atoms with Crippen LogP contribution in [0.2, 0.25) is 0 Å². The monoisotopic (exact) mass is 252 g/mol. The fourth-order valence-corrected chi connectivity index (χ4v) is 1.46. The van der Waals surface area contributed by atoms with Crippen LogP contribution in [0, 0.1) is 0 Å². The highest BCUT2D eigenvalue weighted by molar-refractivity contribution is 5.95. The standard InChI is InChI=1S/C13H16O5/c1-17-11-5-3-9(4-6-11)12(15)7-10(14)8-13(16)18-2/h3-6,12,15H,7-8H2,1-2H3. The second-order valence-corrected chi connectivity index (χ2v) is 3.78. The van der Waals surface area contributed by atoms with Crippen LogP contribution in [0.4, 0.5) is 0 Å². The highest BCUT2D eigenvalue weighted by Gasteiger charge is 2.16. The van der Waals surface area contributed by atoms with E-state index in [0.717, 1.165) is 0 Å². The minimum Gasteiger partial charge on any atom is -0.497 e. The van der Waals surface area contributed by atoms with E-state index in [4.69, 9.17) is 4.74 Å². The lowest BCUT2D eigenvalue weighted by Crippen LogP contribution is -2.12. The Morgan fingerprint density at radius 2 is 1.83 bits per heavy atom. The number of Topliss-reactive ketones (excluding diaryl/α,β-unsaturated/α-hetero) is 1. The number of aliphatic hydroxyl groups is 1. The number of hydrogen-bond donors (Lipinski definition) is 1. The zero-order valence-corrected chi connectivity index (χ0v) is 10.4. The predicted molar refractivity (Wildman–Crippen MR) is 64.2 cm³/mol. The number of ether oxygens (including phenoxy) is 2. The van der Waals surface area contributed by atoms with Crippen molar-refractivity contribution in [2.45, 2.75) is 18.9 Å². The highest BCUT2D eigenvalue weighted by atomic mass is 16.5. The van der Waals surface area contributed by atoms with E-state index in [1.807, 2.05) is 0 Å². The van der Waals surface area contributed by atoms with Crippen LogP contribution < -0.4 is 4.74 Å². The predicted octanol–water partition coefficient (Wildman–Crippen LogP) is 1.25. The van der Waals surface area contributed by atoms with Crippen LogP contribution in [0.15, 0.2) is 24.3 Å². The highest BCUT2D eigenvalue weighted by Crippen LogP contribution is 2.20. The summed E-state index contributed by atoms with van der Waals surface area (Å²) >= 11 is 0.